The Balaban J connectivity index is 1.53. The molecule has 1 aromatic heterocycles. The fraction of sp³-hybridized carbons (Fsp3) is 0.292. The van der Waals surface area contributed by atoms with Crippen LogP contribution in [0.5, 0.6) is 0 Å². The van der Waals surface area contributed by atoms with Gasteiger partial charge < -0.3 is 14.8 Å². The summed E-state index contributed by atoms with van der Waals surface area (Å²) in [5, 5.41) is 9.55. The number of methoxy groups -OCH3 is 1. The van der Waals surface area contributed by atoms with E-state index in [1.807, 2.05) is 0 Å². The van der Waals surface area contributed by atoms with Crippen molar-refractivity contribution in [3.63, 3.8) is 0 Å². The van der Waals surface area contributed by atoms with Crippen molar-refractivity contribution < 1.29 is 32.2 Å². The molecule has 2 amide bonds. The molecule has 35 heavy (non-hydrogen) atoms. The van der Waals surface area contributed by atoms with Gasteiger partial charge in [0.2, 0.25) is 0 Å². The third kappa shape index (κ3) is 5.99. The van der Waals surface area contributed by atoms with Crippen molar-refractivity contribution in [2.75, 3.05) is 31.0 Å². The zero-order valence-electron chi connectivity index (χ0n) is 18.8. The van der Waals surface area contributed by atoms with E-state index in [2.05, 4.69) is 15.7 Å². The van der Waals surface area contributed by atoms with E-state index in [-0.39, 0.29) is 30.4 Å². The van der Waals surface area contributed by atoms with Gasteiger partial charge in [0.1, 0.15) is 6.61 Å². The van der Waals surface area contributed by atoms with Crippen LogP contribution in [-0.2, 0) is 15.7 Å². The third-order valence-electron chi connectivity index (χ3n) is 5.32. The van der Waals surface area contributed by atoms with Gasteiger partial charge in [-0.05, 0) is 49.2 Å². The van der Waals surface area contributed by atoms with Crippen LogP contribution in [0.25, 0.3) is 5.69 Å². The van der Waals surface area contributed by atoms with Gasteiger partial charge >= 0.3 is 12.3 Å². The number of rotatable bonds is 8. The molecule has 1 fully saturated rings. The van der Waals surface area contributed by atoms with E-state index >= 15 is 0 Å². The van der Waals surface area contributed by atoms with Gasteiger partial charge in [0.25, 0.3) is 5.91 Å². The standard InChI is InChI=1S/C24H23F3N4O4/c1-34-10-11-35-23(33)30-18-6-3-5-17(13-18)29-22(32)20-14-28-31(21(20)15-8-9-15)19-7-2-4-16(12-19)24(25,26)27/h2-7,12-15H,8-11H2,1H3,(H,29,32)(H,30,33). The summed E-state index contributed by atoms with van der Waals surface area (Å²) < 4.78 is 50.7. The number of carbonyl (C=O) groups excluding carboxylic acids is 2. The van der Waals surface area contributed by atoms with Crippen LogP contribution < -0.4 is 10.6 Å². The Bertz CT molecular complexity index is 1220. The molecule has 1 aliphatic rings. The first kappa shape index (κ1) is 24.3. The molecule has 0 bridgehead atoms. The maximum Gasteiger partial charge on any atom is 0.416 e. The van der Waals surface area contributed by atoms with Crippen LogP contribution in [0.3, 0.4) is 0 Å². The molecule has 3 aromatic rings. The summed E-state index contributed by atoms with van der Waals surface area (Å²) in [6.45, 7) is 0.361. The first-order valence-corrected chi connectivity index (χ1v) is 10.9. The molecule has 0 spiro atoms. The number of anilines is 2. The molecule has 184 valence electrons. The van der Waals surface area contributed by atoms with Gasteiger partial charge in [-0.25, -0.2) is 9.48 Å². The van der Waals surface area contributed by atoms with Crippen LogP contribution in [0, 0.1) is 0 Å². The molecule has 0 aliphatic heterocycles. The molecule has 2 N–H and O–H groups in total. The third-order valence-corrected chi connectivity index (χ3v) is 5.32. The number of halogens is 3. The molecular formula is C24H23F3N4O4. The first-order chi connectivity index (χ1) is 16.8. The Morgan fingerprint density at radius 3 is 2.46 bits per heavy atom. The SMILES string of the molecule is COCCOC(=O)Nc1cccc(NC(=O)c2cnn(-c3cccc(C(F)(F)F)c3)c2C2CC2)c1. The largest absolute Gasteiger partial charge is 0.447 e. The van der Waals surface area contributed by atoms with Gasteiger partial charge in [-0.3, -0.25) is 10.1 Å². The fourth-order valence-corrected chi connectivity index (χ4v) is 3.55. The number of carbonyl (C=O) groups is 2. The molecule has 0 atom stereocenters. The Morgan fingerprint density at radius 1 is 1.06 bits per heavy atom. The highest BCUT2D eigenvalue weighted by molar-refractivity contribution is 6.05. The van der Waals surface area contributed by atoms with Crippen LogP contribution in [0.2, 0.25) is 0 Å². The predicted octanol–water partition coefficient (Wildman–Crippen LogP) is 5.22. The van der Waals surface area contributed by atoms with Crippen molar-refractivity contribution in [3.05, 3.63) is 71.5 Å². The monoisotopic (exact) mass is 488 g/mol. The van der Waals surface area contributed by atoms with Gasteiger partial charge in [0, 0.05) is 24.4 Å². The number of aromatic nitrogens is 2. The topological polar surface area (TPSA) is 94.5 Å². The molecule has 1 saturated carbocycles. The van der Waals surface area contributed by atoms with Gasteiger partial charge in [0.05, 0.1) is 35.3 Å². The van der Waals surface area contributed by atoms with Gasteiger partial charge in [-0.2, -0.15) is 18.3 Å². The lowest BCUT2D eigenvalue weighted by atomic mass is 10.1. The molecule has 2 aromatic carbocycles. The number of nitrogens with one attached hydrogen (secondary N) is 2. The molecule has 1 heterocycles. The molecule has 0 unspecified atom stereocenters. The lowest BCUT2D eigenvalue weighted by molar-refractivity contribution is -0.137. The van der Waals surface area contributed by atoms with Crippen molar-refractivity contribution in [2.24, 2.45) is 0 Å². The van der Waals surface area contributed by atoms with Crippen LogP contribution in [-0.4, -0.2) is 42.1 Å². The number of amides is 2. The zero-order chi connectivity index (χ0) is 25.0. The van der Waals surface area contributed by atoms with E-state index in [4.69, 9.17) is 9.47 Å². The van der Waals surface area contributed by atoms with E-state index in [1.165, 1.54) is 30.1 Å². The second-order valence-electron chi connectivity index (χ2n) is 7.97. The summed E-state index contributed by atoms with van der Waals surface area (Å²) in [6.07, 6.45) is -2.16. The van der Waals surface area contributed by atoms with Gasteiger partial charge in [-0.15, -0.1) is 0 Å². The maximum absolute atomic E-state index is 13.2. The molecule has 4 rings (SSSR count). The smallest absolute Gasteiger partial charge is 0.416 e. The van der Waals surface area contributed by atoms with Crippen LogP contribution in [0.1, 0.15) is 40.4 Å². The van der Waals surface area contributed by atoms with Crippen molar-refractivity contribution in [1.29, 1.82) is 0 Å². The number of alkyl halides is 3. The maximum atomic E-state index is 13.2. The highest BCUT2D eigenvalue weighted by Gasteiger charge is 2.34. The highest BCUT2D eigenvalue weighted by atomic mass is 19.4. The lowest BCUT2D eigenvalue weighted by Crippen LogP contribution is -2.17. The van der Waals surface area contributed by atoms with E-state index < -0.39 is 23.7 Å². The molecule has 8 nitrogen and oxygen atoms in total. The van der Waals surface area contributed by atoms with Gasteiger partial charge in [0.15, 0.2) is 0 Å². The Morgan fingerprint density at radius 2 is 1.77 bits per heavy atom. The number of nitrogens with zero attached hydrogens (tertiary/aromatic N) is 2. The number of hydrogen-bond donors (Lipinski definition) is 2. The highest BCUT2D eigenvalue weighted by Crippen LogP contribution is 2.43. The summed E-state index contributed by atoms with van der Waals surface area (Å²) in [7, 11) is 1.49. The minimum absolute atomic E-state index is 0.0302. The summed E-state index contributed by atoms with van der Waals surface area (Å²) in [5.41, 5.74) is 1.12. The number of ether oxygens (including phenoxy) is 2. The van der Waals surface area contributed by atoms with Crippen LogP contribution in [0.4, 0.5) is 29.3 Å². The summed E-state index contributed by atoms with van der Waals surface area (Å²) in [5.74, 6) is -0.424. The first-order valence-electron chi connectivity index (χ1n) is 10.9. The lowest BCUT2D eigenvalue weighted by Gasteiger charge is -2.12. The average Bonchev–Trinajstić information content (AvgIpc) is 3.56. The van der Waals surface area contributed by atoms with Crippen LogP contribution >= 0.6 is 0 Å². The van der Waals surface area contributed by atoms with E-state index in [1.54, 1.807) is 24.3 Å². The Labute approximate surface area is 199 Å². The minimum atomic E-state index is -4.49. The van der Waals surface area contributed by atoms with E-state index in [0.29, 0.717) is 17.1 Å². The predicted molar refractivity (Wildman–Crippen MR) is 122 cm³/mol. The average molecular weight is 488 g/mol. The van der Waals surface area contributed by atoms with Crippen molar-refractivity contribution in [3.8, 4) is 5.69 Å². The Kier molecular flexibility index (Phi) is 7.06. The number of hydrogen-bond acceptors (Lipinski definition) is 5. The second-order valence-corrected chi connectivity index (χ2v) is 7.97. The van der Waals surface area contributed by atoms with E-state index in [9.17, 15) is 22.8 Å². The minimum Gasteiger partial charge on any atom is -0.447 e. The van der Waals surface area contributed by atoms with Crippen LogP contribution in [0.15, 0.2) is 54.7 Å². The fourth-order valence-electron chi connectivity index (χ4n) is 3.55. The van der Waals surface area contributed by atoms with Crippen molar-refractivity contribution in [2.45, 2.75) is 24.9 Å². The normalized spacial score (nSPS) is 13.4. The quantitative estimate of drug-likeness (QED) is 0.424. The molecule has 0 saturated heterocycles. The summed E-state index contributed by atoms with van der Waals surface area (Å²) in [4.78, 5) is 24.9. The summed E-state index contributed by atoms with van der Waals surface area (Å²) in [6, 6.07) is 11.3. The second kappa shape index (κ2) is 10.2. The molecule has 1 aliphatic carbocycles. The van der Waals surface area contributed by atoms with Crippen molar-refractivity contribution >= 4 is 23.4 Å². The molecule has 0 radical (unpaired) electrons. The number of benzene rings is 2. The molecular weight excluding hydrogens is 465 g/mol. The zero-order valence-corrected chi connectivity index (χ0v) is 18.8. The van der Waals surface area contributed by atoms with E-state index in [0.717, 1.165) is 25.0 Å². The summed E-state index contributed by atoms with van der Waals surface area (Å²) >= 11 is 0. The molecule has 11 heteroatoms. The van der Waals surface area contributed by atoms with Crippen molar-refractivity contribution in [1.82, 2.24) is 9.78 Å². The Hall–Kier alpha value is -3.86. The van der Waals surface area contributed by atoms with Gasteiger partial charge in [-0.1, -0.05) is 12.1 Å².